The van der Waals surface area contributed by atoms with Crippen LogP contribution in [0.15, 0.2) is 0 Å². The van der Waals surface area contributed by atoms with Crippen LogP contribution in [-0.4, -0.2) is 0 Å². The van der Waals surface area contributed by atoms with E-state index in [0.29, 0.717) is 0 Å². The van der Waals surface area contributed by atoms with E-state index in [1.807, 2.05) is 0 Å². The summed E-state index contributed by atoms with van der Waals surface area (Å²) in [7, 11) is 0. The summed E-state index contributed by atoms with van der Waals surface area (Å²) < 4.78 is 0. The third kappa shape index (κ3) is 43.6. The number of hydrogen-bond donors (Lipinski definition) is 0. The van der Waals surface area contributed by atoms with Gasteiger partial charge in [-0.1, -0.05) is 0 Å². The molecule has 0 aromatic rings. The average Bonchev–Trinajstić information content (AvgIpc) is 0. The molecule has 0 aromatic carbocycles. The second-order valence-corrected chi connectivity index (χ2v) is 0. The van der Waals surface area contributed by atoms with Gasteiger partial charge in [0, 0.05) is 18.6 Å². The van der Waals surface area contributed by atoms with E-state index in [1.165, 1.54) is 0 Å². The zero-order chi connectivity index (χ0) is 0. The zero-order valence-electron chi connectivity index (χ0n) is 2.40. The van der Waals surface area contributed by atoms with Gasteiger partial charge in [-0.25, -0.2) is 0 Å². The fourth-order valence-corrected chi connectivity index (χ4v) is 0. The van der Waals surface area contributed by atoms with E-state index in [-0.39, 0.29) is 78.6 Å². The first kappa shape index (κ1) is 120. The topological polar surface area (TPSA) is 114 Å². The van der Waals surface area contributed by atoms with Crippen LogP contribution in [0.1, 0.15) is 0 Å². The van der Waals surface area contributed by atoms with Crippen molar-refractivity contribution in [1.82, 2.24) is 0 Å². The number of hydrogen-bond acceptors (Lipinski definition) is 0. The summed E-state index contributed by atoms with van der Waals surface area (Å²) in [6.07, 6.45) is 0. The minimum Gasteiger partial charge on any atom is -2.00 e. The normalized spacial score (nSPS) is 0. The molecule has 0 aliphatic rings. The molecule has 0 rings (SSSR count). The molecule has 44 valence electrons. The molecule has 0 amide bonds. The predicted molar refractivity (Wildman–Crippen MR) is 2.75 cm³/mol. The molecular weight excluding hydrogens is 277 g/mol. The van der Waals surface area contributed by atoms with E-state index in [0.717, 1.165) is 0 Å². The van der Waals surface area contributed by atoms with E-state index in [1.54, 1.807) is 0 Å². The third-order valence-corrected chi connectivity index (χ3v) is 0. The molecule has 0 saturated carbocycles. The van der Waals surface area contributed by atoms with Crippen molar-refractivity contribution in [2.24, 2.45) is 0 Å². The van der Waals surface area contributed by atoms with Crippen molar-refractivity contribution >= 4 is 0 Å². The second-order valence-electron chi connectivity index (χ2n) is 0. The van der Waals surface area contributed by atoms with Crippen LogP contribution < -0.4 is 0 Å². The maximum absolute atomic E-state index is 0. The molecule has 6 heteroatoms. The zero-order valence-corrected chi connectivity index (χ0v) is 5.82. The predicted octanol–water partition coefficient (Wildman–Crippen LogP) is -0.478. The summed E-state index contributed by atoms with van der Waals surface area (Å²) in [6, 6.07) is 0. The van der Waals surface area contributed by atoms with Crippen molar-refractivity contribution < 1.29 is 78.6 Å². The molecule has 6 heavy (non-hydrogen) atoms. The Hall–Kier alpha value is 1.70. The Morgan fingerprint density at radius 3 is 0.500 bits per heavy atom. The molecule has 4 nitrogen and oxygen atoms in total. The molecule has 0 atom stereocenters. The monoisotopic (exact) mass is 279 g/mol. The first-order chi connectivity index (χ1) is 0. The van der Waals surface area contributed by atoms with Gasteiger partial charge >= 0.3 is 38.2 Å². The summed E-state index contributed by atoms with van der Waals surface area (Å²) in [4.78, 5) is 0. The van der Waals surface area contributed by atoms with Gasteiger partial charge in [-0.05, 0) is 0 Å². The van der Waals surface area contributed by atoms with Crippen LogP contribution in [0.25, 0.3) is 0 Å². The van der Waals surface area contributed by atoms with Crippen LogP contribution in [0.3, 0.4) is 0 Å². The fourth-order valence-electron chi connectivity index (χ4n) is 0. The van der Waals surface area contributed by atoms with Gasteiger partial charge in [-0.2, -0.15) is 0 Å². The summed E-state index contributed by atoms with van der Waals surface area (Å²) in [5.74, 6) is 0. The van der Waals surface area contributed by atoms with Crippen molar-refractivity contribution in [2.75, 3.05) is 0 Å². The third-order valence-electron chi connectivity index (χ3n) is 0. The Kier molecular flexibility index (Phi) is 1510. The molecule has 0 unspecified atom stereocenters. The van der Waals surface area contributed by atoms with Crippen molar-refractivity contribution in [2.45, 2.75) is 0 Å². The maximum Gasteiger partial charge on any atom is 3.00 e. The number of rotatable bonds is 0. The van der Waals surface area contributed by atoms with Gasteiger partial charge in [-0.15, -0.1) is 0 Å². The first-order valence-corrected chi connectivity index (χ1v) is 0. The van der Waals surface area contributed by atoms with Crippen molar-refractivity contribution in [3.05, 3.63) is 0 Å². The first-order valence-electron chi connectivity index (χ1n) is 0. The van der Waals surface area contributed by atoms with Gasteiger partial charge in [-0.3, -0.25) is 0 Å². The van der Waals surface area contributed by atoms with E-state index in [2.05, 4.69) is 0 Å². The molecular formula is DyO4V-5. The standard InChI is InChI=1S/Dy.4O.V/q+3;4*-2;. The molecule has 0 aliphatic carbocycles. The van der Waals surface area contributed by atoms with Crippen LogP contribution in [0.4, 0.5) is 0 Å². The summed E-state index contributed by atoms with van der Waals surface area (Å²) in [5, 5.41) is 0. The Morgan fingerprint density at radius 1 is 0.500 bits per heavy atom. The quantitative estimate of drug-likeness (QED) is 0.569. The van der Waals surface area contributed by atoms with Gasteiger partial charge in [0.1, 0.15) is 0 Å². The minimum atomic E-state index is 0. The van der Waals surface area contributed by atoms with Crippen LogP contribution in [-0.2, 0) is 40.5 Å². The Labute approximate surface area is 77.8 Å². The summed E-state index contributed by atoms with van der Waals surface area (Å²) >= 11 is 0. The minimum absolute atomic E-state index is 0. The molecule has 0 aromatic heterocycles. The van der Waals surface area contributed by atoms with E-state index >= 15 is 0 Å². The smallest absolute Gasteiger partial charge is 2.00 e. The van der Waals surface area contributed by atoms with Gasteiger partial charge < -0.3 is 21.9 Å². The van der Waals surface area contributed by atoms with Crippen molar-refractivity contribution in [3.8, 4) is 0 Å². The Morgan fingerprint density at radius 2 is 0.500 bits per heavy atom. The Balaban J connectivity index is 0. The SMILES string of the molecule is [Dy+3].[O-2].[O-2].[O-2].[O-2].[V]. The molecule has 0 N–H and O–H groups in total. The van der Waals surface area contributed by atoms with E-state index < -0.39 is 0 Å². The maximum atomic E-state index is 0. The van der Waals surface area contributed by atoms with Crippen LogP contribution in [0.5, 0.6) is 0 Å². The van der Waals surface area contributed by atoms with Crippen LogP contribution in [0.2, 0.25) is 0 Å². The molecule has 0 bridgehead atoms. The van der Waals surface area contributed by atoms with Crippen molar-refractivity contribution in [3.63, 3.8) is 0 Å². The van der Waals surface area contributed by atoms with Crippen molar-refractivity contribution in [1.29, 1.82) is 0 Å². The fraction of sp³-hybridized carbons (Fsp3) is 0. The summed E-state index contributed by atoms with van der Waals surface area (Å²) in [5.41, 5.74) is 0. The molecule has 0 fully saturated rings. The Bertz CT molecular complexity index is 7.51. The van der Waals surface area contributed by atoms with Crippen LogP contribution >= 0.6 is 0 Å². The van der Waals surface area contributed by atoms with Crippen LogP contribution in [0, 0.1) is 38.2 Å². The summed E-state index contributed by atoms with van der Waals surface area (Å²) in [6.45, 7) is 0. The molecule has 0 spiro atoms. The van der Waals surface area contributed by atoms with Gasteiger partial charge in [0.25, 0.3) is 0 Å². The molecule has 0 saturated heterocycles. The van der Waals surface area contributed by atoms with E-state index in [9.17, 15) is 0 Å². The van der Waals surface area contributed by atoms with E-state index in [4.69, 9.17) is 0 Å². The molecule has 2 radical (unpaired) electrons. The molecule has 0 heterocycles. The average molecular weight is 277 g/mol. The molecule has 0 aliphatic heterocycles. The van der Waals surface area contributed by atoms with Gasteiger partial charge in [0.2, 0.25) is 0 Å². The van der Waals surface area contributed by atoms with Gasteiger partial charge in [0.05, 0.1) is 0 Å². The second kappa shape index (κ2) is 75.5. The largest absolute Gasteiger partial charge is 3.00 e. The van der Waals surface area contributed by atoms with Gasteiger partial charge in [0.15, 0.2) is 0 Å².